The van der Waals surface area contributed by atoms with Gasteiger partial charge in [0.25, 0.3) is 5.91 Å². The molecule has 2 aromatic rings. The van der Waals surface area contributed by atoms with Gasteiger partial charge in [-0.05, 0) is 37.5 Å². The Morgan fingerprint density at radius 2 is 1.83 bits per heavy atom. The summed E-state index contributed by atoms with van der Waals surface area (Å²) in [7, 11) is 0. The van der Waals surface area contributed by atoms with Crippen molar-refractivity contribution in [1.29, 1.82) is 0 Å². The number of aryl methyl sites for hydroxylation is 1. The molecule has 1 saturated heterocycles. The Balaban J connectivity index is 1.65. The smallest absolute Gasteiger partial charge is 0.340 e. The van der Waals surface area contributed by atoms with Crippen molar-refractivity contribution in [2.75, 3.05) is 24.6 Å². The predicted molar refractivity (Wildman–Crippen MR) is 115 cm³/mol. The highest BCUT2D eigenvalue weighted by Gasteiger charge is 2.26. The fraction of sp³-hybridized carbons (Fsp3) is 0.375. The standard InChI is InChI=1S/C24H28N2O4/c1-3-14-25(16-19-12-10-18(2)11-13-19)23(28)17-30-24(29)20-7-4-5-8-21(20)26-15-6-9-22(26)27/h4-5,7-8,10-13H,3,6,9,14-17H2,1-2H3. The number of carbonyl (C=O) groups is 3. The first-order valence-corrected chi connectivity index (χ1v) is 10.4. The molecule has 1 heterocycles. The van der Waals surface area contributed by atoms with Gasteiger partial charge >= 0.3 is 5.97 Å². The maximum atomic E-state index is 12.7. The minimum absolute atomic E-state index is 0.00135. The van der Waals surface area contributed by atoms with E-state index in [9.17, 15) is 14.4 Å². The third kappa shape index (κ3) is 5.26. The highest BCUT2D eigenvalue weighted by molar-refractivity contribution is 6.03. The lowest BCUT2D eigenvalue weighted by Crippen LogP contribution is -2.35. The van der Waals surface area contributed by atoms with E-state index < -0.39 is 5.97 Å². The van der Waals surface area contributed by atoms with E-state index >= 15 is 0 Å². The Hall–Kier alpha value is -3.15. The molecular formula is C24H28N2O4. The number of carbonyl (C=O) groups excluding carboxylic acids is 3. The van der Waals surface area contributed by atoms with E-state index in [0.29, 0.717) is 37.3 Å². The molecule has 30 heavy (non-hydrogen) atoms. The van der Waals surface area contributed by atoms with Crippen molar-refractivity contribution < 1.29 is 19.1 Å². The summed E-state index contributed by atoms with van der Waals surface area (Å²) in [5.74, 6) is -0.829. The second-order valence-corrected chi connectivity index (χ2v) is 7.54. The van der Waals surface area contributed by atoms with Gasteiger partial charge in [-0.3, -0.25) is 9.59 Å². The summed E-state index contributed by atoms with van der Waals surface area (Å²) in [5.41, 5.74) is 3.05. The Bertz CT molecular complexity index is 908. The number of esters is 1. The van der Waals surface area contributed by atoms with E-state index in [0.717, 1.165) is 24.0 Å². The summed E-state index contributed by atoms with van der Waals surface area (Å²) < 4.78 is 5.34. The average molecular weight is 408 g/mol. The van der Waals surface area contributed by atoms with Crippen LogP contribution < -0.4 is 4.90 Å². The van der Waals surface area contributed by atoms with E-state index in [1.165, 1.54) is 0 Å². The van der Waals surface area contributed by atoms with Crippen molar-refractivity contribution in [3.8, 4) is 0 Å². The molecule has 0 aromatic heterocycles. The number of amides is 2. The quantitative estimate of drug-likeness (QED) is 0.625. The van der Waals surface area contributed by atoms with E-state index in [1.807, 2.05) is 38.1 Å². The molecule has 0 spiro atoms. The van der Waals surface area contributed by atoms with Crippen LogP contribution in [0.15, 0.2) is 48.5 Å². The maximum Gasteiger partial charge on any atom is 0.340 e. The van der Waals surface area contributed by atoms with Gasteiger partial charge < -0.3 is 14.5 Å². The summed E-state index contributed by atoms with van der Waals surface area (Å²) in [6.07, 6.45) is 2.06. The first kappa shape index (κ1) is 21.6. The van der Waals surface area contributed by atoms with Crippen LogP contribution in [0.1, 0.15) is 47.7 Å². The normalized spacial score (nSPS) is 13.4. The molecule has 2 aromatic carbocycles. The predicted octanol–water partition coefficient (Wildman–Crippen LogP) is 3.72. The molecule has 6 heteroatoms. The summed E-state index contributed by atoms with van der Waals surface area (Å²) in [5, 5.41) is 0. The van der Waals surface area contributed by atoms with E-state index in [1.54, 1.807) is 34.1 Å². The minimum atomic E-state index is -0.592. The van der Waals surface area contributed by atoms with Crippen LogP contribution in [0.5, 0.6) is 0 Å². The van der Waals surface area contributed by atoms with E-state index in [2.05, 4.69) is 0 Å². The first-order valence-electron chi connectivity index (χ1n) is 10.4. The van der Waals surface area contributed by atoms with E-state index in [-0.39, 0.29) is 18.4 Å². The fourth-order valence-corrected chi connectivity index (χ4v) is 3.56. The van der Waals surface area contributed by atoms with Crippen LogP contribution in [-0.2, 0) is 20.9 Å². The van der Waals surface area contributed by atoms with Gasteiger partial charge in [0.15, 0.2) is 6.61 Å². The molecule has 0 radical (unpaired) electrons. The van der Waals surface area contributed by atoms with Crippen LogP contribution in [0.4, 0.5) is 5.69 Å². The van der Waals surface area contributed by atoms with Crippen LogP contribution in [-0.4, -0.2) is 42.4 Å². The van der Waals surface area contributed by atoms with Gasteiger partial charge in [0, 0.05) is 26.1 Å². The zero-order valence-corrected chi connectivity index (χ0v) is 17.6. The van der Waals surface area contributed by atoms with Gasteiger partial charge in [0.2, 0.25) is 5.91 Å². The minimum Gasteiger partial charge on any atom is -0.452 e. The molecule has 0 bridgehead atoms. The number of anilines is 1. The highest BCUT2D eigenvalue weighted by Crippen LogP contribution is 2.26. The van der Waals surface area contributed by atoms with E-state index in [4.69, 9.17) is 4.74 Å². The number of ether oxygens (including phenoxy) is 1. The molecule has 6 nitrogen and oxygen atoms in total. The lowest BCUT2D eigenvalue weighted by Gasteiger charge is -2.23. The number of nitrogens with zero attached hydrogens (tertiary/aromatic N) is 2. The lowest BCUT2D eigenvalue weighted by molar-refractivity contribution is -0.135. The Labute approximate surface area is 177 Å². The largest absolute Gasteiger partial charge is 0.452 e. The Morgan fingerprint density at radius 1 is 1.10 bits per heavy atom. The SMILES string of the molecule is CCCN(Cc1ccc(C)cc1)C(=O)COC(=O)c1ccccc1N1CCCC1=O. The van der Waals surface area contributed by atoms with Gasteiger partial charge in [0.1, 0.15) is 0 Å². The number of benzene rings is 2. The molecule has 1 aliphatic heterocycles. The highest BCUT2D eigenvalue weighted by atomic mass is 16.5. The fourth-order valence-electron chi connectivity index (χ4n) is 3.56. The molecule has 0 aliphatic carbocycles. The van der Waals surface area contributed by atoms with Crippen LogP contribution in [0.25, 0.3) is 0 Å². The lowest BCUT2D eigenvalue weighted by atomic mass is 10.1. The third-order valence-electron chi connectivity index (χ3n) is 5.16. The molecule has 158 valence electrons. The van der Waals surface area contributed by atoms with Gasteiger partial charge in [-0.1, -0.05) is 48.9 Å². The third-order valence-corrected chi connectivity index (χ3v) is 5.16. The second-order valence-electron chi connectivity index (χ2n) is 7.54. The van der Waals surface area contributed by atoms with Crippen LogP contribution in [0.2, 0.25) is 0 Å². The van der Waals surface area contributed by atoms with Crippen molar-refractivity contribution in [1.82, 2.24) is 4.90 Å². The molecule has 0 N–H and O–H groups in total. The summed E-state index contributed by atoms with van der Waals surface area (Å²) in [6, 6.07) is 14.9. The Morgan fingerprint density at radius 3 is 2.50 bits per heavy atom. The van der Waals surface area contributed by atoms with Crippen molar-refractivity contribution in [2.24, 2.45) is 0 Å². The number of para-hydroxylation sites is 1. The molecule has 3 rings (SSSR count). The molecule has 2 amide bonds. The zero-order valence-electron chi connectivity index (χ0n) is 17.6. The van der Waals surface area contributed by atoms with Crippen LogP contribution in [0, 0.1) is 6.92 Å². The first-order chi connectivity index (χ1) is 14.5. The van der Waals surface area contributed by atoms with Gasteiger partial charge in [0.05, 0.1) is 11.3 Å². The average Bonchev–Trinajstić information content (AvgIpc) is 3.18. The second kappa shape index (κ2) is 10.1. The van der Waals surface area contributed by atoms with Crippen molar-refractivity contribution in [3.63, 3.8) is 0 Å². The topological polar surface area (TPSA) is 66.9 Å². The summed E-state index contributed by atoms with van der Waals surface area (Å²) in [4.78, 5) is 40.8. The molecule has 0 atom stereocenters. The van der Waals surface area contributed by atoms with Crippen molar-refractivity contribution >= 4 is 23.5 Å². The molecule has 1 aliphatic rings. The Kier molecular flexibility index (Phi) is 7.22. The molecule has 0 saturated carbocycles. The van der Waals surface area contributed by atoms with Gasteiger partial charge in [-0.25, -0.2) is 4.79 Å². The summed E-state index contributed by atoms with van der Waals surface area (Å²) in [6.45, 7) is 5.35. The van der Waals surface area contributed by atoms with Gasteiger partial charge in [-0.15, -0.1) is 0 Å². The van der Waals surface area contributed by atoms with Crippen LogP contribution >= 0.6 is 0 Å². The molecule has 0 unspecified atom stereocenters. The number of hydrogen-bond donors (Lipinski definition) is 0. The van der Waals surface area contributed by atoms with Gasteiger partial charge in [-0.2, -0.15) is 0 Å². The van der Waals surface area contributed by atoms with Crippen molar-refractivity contribution in [3.05, 3.63) is 65.2 Å². The monoisotopic (exact) mass is 408 g/mol. The molecular weight excluding hydrogens is 380 g/mol. The van der Waals surface area contributed by atoms with Crippen LogP contribution in [0.3, 0.4) is 0 Å². The summed E-state index contributed by atoms with van der Waals surface area (Å²) >= 11 is 0. The number of hydrogen-bond acceptors (Lipinski definition) is 4. The van der Waals surface area contributed by atoms with Crippen molar-refractivity contribution in [2.45, 2.75) is 39.7 Å². The maximum absolute atomic E-state index is 12.7. The zero-order chi connectivity index (χ0) is 21.5. The number of rotatable bonds is 8. The molecule has 1 fully saturated rings.